The Morgan fingerprint density at radius 1 is 1.07 bits per heavy atom. The highest BCUT2D eigenvalue weighted by atomic mass is 35.5. The summed E-state index contributed by atoms with van der Waals surface area (Å²) >= 11 is 1.54. The summed E-state index contributed by atoms with van der Waals surface area (Å²) in [6.45, 7) is 0.443. The van der Waals surface area contributed by atoms with Gasteiger partial charge in [0.15, 0.2) is 0 Å². The Balaban J connectivity index is 0.00000256. The molecule has 6 nitrogen and oxygen atoms in total. The zero-order valence-electron chi connectivity index (χ0n) is 15.9. The Morgan fingerprint density at radius 2 is 1.80 bits per heavy atom. The first-order valence-corrected chi connectivity index (χ1v) is 9.96. The Labute approximate surface area is 183 Å². The van der Waals surface area contributed by atoms with Crippen LogP contribution in [0.1, 0.15) is 11.1 Å². The Hall–Kier alpha value is -3.00. The van der Waals surface area contributed by atoms with Crippen LogP contribution in [-0.2, 0) is 17.8 Å². The van der Waals surface area contributed by atoms with E-state index < -0.39 is 12.0 Å². The summed E-state index contributed by atoms with van der Waals surface area (Å²) in [7, 11) is 0. The molecule has 1 unspecified atom stereocenters. The van der Waals surface area contributed by atoms with Crippen LogP contribution in [0.5, 0.6) is 5.88 Å². The van der Waals surface area contributed by atoms with Gasteiger partial charge >= 0.3 is 5.97 Å². The van der Waals surface area contributed by atoms with Crippen LogP contribution in [0.15, 0.2) is 66.3 Å². The smallest absolute Gasteiger partial charge is 0.320 e. The van der Waals surface area contributed by atoms with E-state index in [-0.39, 0.29) is 12.4 Å². The van der Waals surface area contributed by atoms with Crippen LogP contribution in [0, 0.1) is 0 Å². The topological polar surface area (TPSA) is 98.3 Å². The predicted molar refractivity (Wildman–Crippen MR) is 120 cm³/mol. The zero-order valence-corrected chi connectivity index (χ0v) is 17.5. The van der Waals surface area contributed by atoms with Crippen LogP contribution in [0.3, 0.4) is 0 Å². The van der Waals surface area contributed by atoms with Gasteiger partial charge in [-0.2, -0.15) is 0 Å². The van der Waals surface area contributed by atoms with Crippen molar-refractivity contribution < 1.29 is 14.6 Å². The maximum Gasteiger partial charge on any atom is 0.320 e. The molecule has 0 saturated heterocycles. The normalized spacial score (nSPS) is 11.6. The molecular weight excluding hydrogens is 422 g/mol. The van der Waals surface area contributed by atoms with Gasteiger partial charge in [-0.05, 0) is 23.1 Å². The van der Waals surface area contributed by atoms with Crippen molar-refractivity contribution in [3.05, 3.63) is 77.4 Å². The molecule has 0 bridgehead atoms. The molecule has 0 saturated carbocycles. The van der Waals surface area contributed by atoms with Crippen LogP contribution >= 0.6 is 23.7 Å². The number of ether oxygens (including phenoxy) is 1. The standard InChI is InChI=1S/C22H19N3O3S.ClH/c23-18(22(26)27)10-14-6-8-16(9-7-14)17-12-29-20-19(17)24-13-25-21(20)28-11-15-4-2-1-3-5-15;/h1-9,12-13,18H,10-11,23H2,(H,26,27);1H. The number of hydrogen-bond acceptors (Lipinski definition) is 6. The van der Waals surface area contributed by atoms with Gasteiger partial charge in [0, 0.05) is 10.9 Å². The first kappa shape index (κ1) is 21.7. The average molecular weight is 442 g/mol. The number of nitrogens with two attached hydrogens (primary N) is 1. The van der Waals surface area contributed by atoms with Crippen LogP contribution in [0.2, 0.25) is 0 Å². The second-order valence-electron chi connectivity index (χ2n) is 6.63. The highest BCUT2D eigenvalue weighted by Crippen LogP contribution is 2.36. The van der Waals surface area contributed by atoms with Crippen molar-refractivity contribution in [2.75, 3.05) is 0 Å². The van der Waals surface area contributed by atoms with Crippen molar-refractivity contribution in [2.24, 2.45) is 5.73 Å². The lowest BCUT2D eigenvalue weighted by atomic mass is 10.0. The molecule has 0 fully saturated rings. The number of carboxylic acid groups (broad SMARTS) is 1. The summed E-state index contributed by atoms with van der Waals surface area (Å²) in [5, 5.41) is 11.0. The predicted octanol–water partition coefficient (Wildman–Crippen LogP) is 4.31. The number of rotatable bonds is 7. The third kappa shape index (κ3) is 4.76. The minimum absolute atomic E-state index is 0. The molecule has 2 aromatic carbocycles. The van der Waals surface area contributed by atoms with Gasteiger partial charge in [-0.25, -0.2) is 9.97 Å². The van der Waals surface area contributed by atoms with E-state index in [1.54, 1.807) is 11.3 Å². The molecule has 8 heteroatoms. The fourth-order valence-corrected chi connectivity index (χ4v) is 3.99. The van der Waals surface area contributed by atoms with E-state index in [1.807, 2.05) is 60.0 Å². The molecule has 1 atom stereocenters. The molecule has 0 amide bonds. The second-order valence-corrected chi connectivity index (χ2v) is 7.51. The van der Waals surface area contributed by atoms with E-state index in [1.165, 1.54) is 6.33 Å². The van der Waals surface area contributed by atoms with Crippen molar-refractivity contribution >= 4 is 39.9 Å². The quantitative estimate of drug-likeness (QED) is 0.443. The van der Waals surface area contributed by atoms with Gasteiger partial charge in [-0.3, -0.25) is 4.79 Å². The van der Waals surface area contributed by atoms with E-state index in [4.69, 9.17) is 15.6 Å². The number of fused-ring (bicyclic) bond motifs is 1. The third-order valence-electron chi connectivity index (χ3n) is 4.58. The number of benzene rings is 2. The Bertz CT molecular complexity index is 1130. The van der Waals surface area contributed by atoms with E-state index in [0.29, 0.717) is 18.9 Å². The van der Waals surface area contributed by atoms with E-state index >= 15 is 0 Å². The molecule has 0 aliphatic rings. The van der Waals surface area contributed by atoms with Crippen molar-refractivity contribution in [1.82, 2.24) is 9.97 Å². The maximum absolute atomic E-state index is 10.9. The van der Waals surface area contributed by atoms with Gasteiger partial charge in [0.2, 0.25) is 5.88 Å². The monoisotopic (exact) mass is 441 g/mol. The number of thiophene rings is 1. The first-order chi connectivity index (χ1) is 14.1. The van der Waals surface area contributed by atoms with Crippen LogP contribution in [-0.4, -0.2) is 27.1 Å². The number of halogens is 1. The number of nitrogens with zero attached hydrogens (tertiary/aromatic N) is 2. The molecule has 4 rings (SSSR count). The fraction of sp³-hybridized carbons (Fsp3) is 0.136. The van der Waals surface area contributed by atoms with Crippen LogP contribution in [0.25, 0.3) is 21.3 Å². The number of carboxylic acids is 1. The third-order valence-corrected chi connectivity index (χ3v) is 5.53. The number of aromatic nitrogens is 2. The summed E-state index contributed by atoms with van der Waals surface area (Å²) < 4.78 is 6.83. The highest BCUT2D eigenvalue weighted by molar-refractivity contribution is 7.18. The van der Waals surface area contributed by atoms with Gasteiger partial charge in [0.1, 0.15) is 23.7 Å². The van der Waals surface area contributed by atoms with Gasteiger partial charge in [-0.15, -0.1) is 23.7 Å². The van der Waals surface area contributed by atoms with Crippen LogP contribution < -0.4 is 10.5 Å². The lowest BCUT2D eigenvalue weighted by Gasteiger charge is -2.08. The van der Waals surface area contributed by atoms with Crippen LogP contribution in [0.4, 0.5) is 0 Å². The summed E-state index contributed by atoms with van der Waals surface area (Å²) in [5.41, 5.74) is 10.4. The molecule has 0 aliphatic carbocycles. The first-order valence-electron chi connectivity index (χ1n) is 9.08. The maximum atomic E-state index is 10.9. The number of carbonyl (C=O) groups is 1. The molecule has 30 heavy (non-hydrogen) atoms. The fourth-order valence-electron chi connectivity index (χ4n) is 3.02. The lowest BCUT2D eigenvalue weighted by Crippen LogP contribution is -2.32. The molecule has 4 aromatic rings. The molecule has 0 radical (unpaired) electrons. The van der Waals surface area contributed by atoms with Gasteiger partial charge in [-0.1, -0.05) is 54.6 Å². The molecule has 2 heterocycles. The van der Waals surface area contributed by atoms with Crippen molar-refractivity contribution in [3.63, 3.8) is 0 Å². The highest BCUT2D eigenvalue weighted by Gasteiger charge is 2.15. The van der Waals surface area contributed by atoms with E-state index in [0.717, 1.165) is 32.5 Å². The van der Waals surface area contributed by atoms with E-state index in [2.05, 4.69) is 9.97 Å². The molecular formula is C22H20ClN3O3S. The summed E-state index contributed by atoms with van der Waals surface area (Å²) in [6.07, 6.45) is 1.80. The van der Waals surface area contributed by atoms with E-state index in [9.17, 15) is 4.79 Å². The summed E-state index contributed by atoms with van der Waals surface area (Å²) in [5.74, 6) is -0.434. The minimum atomic E-state index is -1.00. The minimum Gasteiger partial charge on any atom is -0.480 e. The molecule has 0 spiro atoms. The molecule has 154 valence electrons. The molecule has 3 N–H and O–H groups in total. The second kappa shape index (κ2) is 9.67. The lowest BCUT2D eigenvalue weighted by molar-refractivity contribution is -0.138. The van der Waals surface area contributed by atoms with Gasteiger partial charge in [0.25, 0.3) is 0 Å². The molecule has 2 aromatic heterocycles. The van der Waals surface area contributed by atoms with Crippen molar-refractivity contribution in [2.45, 2.75) is 19.1 Å². The van der Waals surface area contributed by atoms with Gasteiger partial charge < -0.3 is 15.6 Å². The SMILES string of the molecule is Cl.NC(Cc1ccc(-c2csc3c(OCc4ccccc4)ncnc23)cc1)C(=O)O. The van der Waals surface area contributed by atoms with Crippen molar-refractivity contribution in [3.8, 4) is 17.0 Å². The van der Waals surface area contributed by atoms with Gasteiger partial charge in [0.05, 0.1) is 5.52 Å². The average Bonchev–Trinajstić information content (AvgIpc) is 3.18. The summed E-state index contributed by atoms with van der Waals surface area (Å²) in [4.78, 5) is 19.7. The largest absolute Gasteiger partial charge is 0.480 e. The zero-order chi connectivity index (χ0) is 20.2. The van der Waals surface area contributed by atoms with Crippen molar-refractivity contribution in [1.29, 1.82) is 0 Å². The Kier molecular flexibility index (Phi) is 6.99. The Morgan fingerprint density at radius 3 is 2.50 bits per heavy atom. The molecule has 0 aliphatic heterocycles. The number of aliphatic carboxylic acids is 1. The summed E-state index contributed by atoms with van der Waals surface area (Å²) in [6, 6.07) is 16.8. The number of hydrogen-bond donors (Lipinski definition) is 2.